The molecule has 0 saturated carbocycles. The van der Waals surface area contributed by atoms with E-state index in [9.17, 15) is 4.39 Å². The van der Waals surface area contributed by atoms with E-state index < -0.39 is 0 Å². The fourth-order valence-corrected chi connectivity index (χ4v) is 2.44. The summed E-state index contributed by atoms with van der Waals surface area (Å²) in [4.78, 5) is 2.41. The number of hydrogen-bond acceptors (Lipinski definition) is 3. The quantitative estimate of drug-likeness (QED) is 0.812. The van der Waals surface area contributed by atoms with E-state index in [1.807, 2.05) is 0 Å². The lowest BCUT2D eigenvalue weighted by atomic mass is 10.2. The lowest BCUT2D eigenvalue weighted by molar-refractivity contribution is 0.0374. The Kier molecular flexibility index (Phi) is 6.04. The average molecular weight is 287 g/mol. The van der Waals surface area contributed by atoms with Crippen LogP contribution in [-0.2, 0) is 11.3 Å². The first-order valence-electron chi connectivity index (χ1n) is 6.70. The summed E-state index contributed by atoms with van der Waals surface area (Å²) in [5.74, 6) is -0.280. The standard InChI is InChI=1S/C14H20ClFN2O/c15-13-8-12(9-14(16)10-13)11-17-2-1-3-18-4-6-19-7-5-18/h8-10,17H,1-7,11H2. The molecule has 1 fully saturated rings. The number of halogens is 2. The predicted molar refractivity (Wildman–Crippen MR) is 75.0 cm³/mol. The van der Waals surface area contributed by atoms with Crippen molar-refractivity contribution in [1.29, 1.82) is 0 Å². The summed E-state index contributed by atoms with van der Waals surface area (Å²) in [6, 6.07) is 4.63. The zero-order valence-corrected chi connectivity index (χ0v) is 11.8. The van der Waals surface area contributed by atoms with E-state index in [1.165, 1.54) is 12.1 Å². The third-order valence-corrected chi connectivity index (χ3v) is 3.40. The zero-order valence-electron chi connectivity index (χ0n) is 11.0. The van der Waals surface area contributed by atoms with Crippen LogP contribution >= 0.6 is 11.6 Å². The maximum Gasteiger partial charge on any atom is 0.125 e. The highest BCUT2D eigenvalue weighted by Crippen LogP contribution is 2.13. The highest BCUT2D eigenvalue weighted by atomic mass is 35.5. The van der Waals surface area contributed by atoms with Gasteiger partial charge >= 0.3 is 0 Å². The van der Waals surface area contributed by atoms with Gasteiger partial charge in [-0.3, -0.25) is 4.90 Å². The minimum atomic E-state index is -0.280. The van der Waals surface area contributed by atoms with Gasteiger partial charge in [-0.05, 0) is 43.3 Å². The molecule has 5 heteroatoms. The average Bonchev–Trinajstić information content (AvgIpc) is 2.38. The maximum atomic E-state index is 13.1. The van der Waals surface area contributed by atoms with Crippen LogP contribution in [0.2, 0.25) is 5.02 Å². The molecule has 1 aliphatic rings. The normalized spacial score (nSPS) is 16.7. The first kappa shape index (κ1) is 14.7. The van der Waals surface area contributed by atoms with Gasteiger partial charge in [0.1, 0.15) is 5.82 Å². The predicted octanol–water partition coefficient (Wildman–Crippen LogP) is 2.29. The van der Waals surface area contributed by atoms with Crippen LogP contribution in [0.3, 0.4) is 0 Å². The Morgan fingerprint density at radius 3 is 2.79 bits per heavy atom. The molecule has 1 N–H and O–H groups in total. The van der Waals surface area contributed by atoms with Gasteiger partial charge in [-0.15, -0.1) is 0 Å². The van der Waals surface area contributed by atoms with Crippen molar-refractivity contribution >= 4 is 11.6 Å². The second kappa shape index (κ2) is 7.80. The molecule has 0 unspecified atom stereocenters. The highest BCUT2D eigenvalue weighted by molar-refractivity contribution is 6.30. The monoisotopic (exact) mass is 286 g/mol. The molecule has 0 aromatic heterocycles. The van der Waals surface area contributed by atoms with Gasteiger partial charge in [0, 0.05) is 24.7 Å². The van der Waals surface area contributed by atoms with Gasteiger partial charge in [0.25, 0.3) is 0 Å². The van der Waals surface area contributed by atoms with Crippen LogP contribution in [0, 0.1) is 5.82 Å². The molecular formula is C14H20ClFN2O. The van der Waals surface area contributed by atoms with Crippen molar-refractivity contribution in [3.8, 4) is 0 Å². The third-order valence-electron chi connectivity index (χ3n) is 3.18. The van der Waals surface area contributed by atoms with E-state index in [0.29, 0.717) is 11.6 Å². The Labute approximate surface area is 118 Å². The minimum absolute atomic E-state index is 0.280. The first-order valence-corrected chi connectivity index (χ1v) is 7.07. The summed E-state index contributed by atoms with van der Waals surface area (Å²) < 4.78 is 18.4. The van der Waals surface area contributed by atoms with Crippen LogP contribution in [-0.4, -0.2) is 44.3 Å². The molecule has 1 aromatic rings. The Morgan fingerprint density at radius 2 is 2.05 bits per heavy atom. The summed E-state index contributed by atoms with van der Waals surface area (Å²) in [5.41, 5.74) is 0.886. The second-order valence-corrected chi connectivity index (χ2v) is 5.20. The summed E-state index contributed by atoms with van der Waals surface area (Å²) in [7, 11) is 0. The highest BCUT2D eigenvalue weighted by Gasteiger charge is 2.08. The Hall–Kier alpha value is -0.680. The number of benzene rings is 1. The van der Waals surface area contributed by atoms with Gasteiger partial charge in [-0.2, -0.15) is 0 Å². The van der Waals surface area contributed by atoms with Gasteiger partial charge in [0.15, 0.2) is 0 Å². The maximum absolute atomic E-state index is 13.1. The minimum Gasteiger partial charge on any atom is -0.379 e. The van der Waals surface area contributed by atoms with Crippen molar-refractivity contribution in [3.05, 3.63) is 34.6 Å². The summed E-state index contributed by atoms with van der Waals surface area (Å²) in [5, 5.41) is 3.76. The van der Waals surface area contributed by atoms with Gasteiger partial charge in [-0.1, -0.05) is 11.6 Å². The van der Waals surface area contributed by atoms with Crippen LogP contribution in [0.25, 0.3) is 0 Å². The molecule has 106 valence electrons. The van der Waals surface area contributed by atoms with Crippen molar-refractivity contribution in [1.82, 2.24) is 10.2 Å². The van der Waals surface area contributed by atoms with E-state index in [-0.39, 0.29) is 5.82 Å². The van der Waals surface area contributed by atoms with Crippen LogP contribution in [0.1, 0.15) is 12.0 Å². The first-order chi connectivity index (χ1) is 9.24. The number of ether oxygens (including phenoxy) is 1. The number of morpholine rings is 1. The number of nitrogens with zero attached hydrogens (tertiary/aromatic N) is 1. The molecule has 0 bridgehead atoms. The largest absolute Gasteiger partial charge is 0.379 e. The molecule has 0 amide bonds. The fourth-order valence-electron chi connectivity index (χ4n) is 2.20. The molecule has 0 aliphatic carbocycles. The fraction of sp³-hybridized carbons (Fsp3) is 0.571. The molecule has 3 nitrogen and oxygen atoms in total. The molecular weight excluding hydrogens is 267 g/mol. The van der Waals surface area contributed by atoms with Crippen molar-refractivity contribution < 1.29 is 9.13 Å². The van der Waals surface area contributed by atoms with Crippen LogP contribution in [0.4, 0.5) is 4.39 Å². The summed E-state index contributed by atoms with van der Waals surface area (Å²) in [6.07, 6.45) is 1.09. The van der Waals surface area contributed by atoms with Gasteiger partial charge in [-0.25, -0.2) is 4.39 Å². The summed E-state index contributed by atoms with van der Waals surface area (Å²) in [6.45, 7) is 6.40. The molecule has 1 saturated heterocycles. The Balaban J connectivity index is 1.60. The van der Waals surface area contributed by atoms with Crippen molar-refractivity contribution in [2.75, 3.05) is 39.4 Å². The van der Waals surface area contributed by atoms with Crippen LogP contribution in [0.15, 0.2) is 18.2 Å². The van der Waals surface area contributed by atoms with Gasteiger partial charge < -0.3 is 10.1 Å². The Bertz CT molecular complexity index is 377. The number of nitrogens with one attached hydrogen (secondary N) is 1. The van der Waals surface area contributed by atoms with E-state index in [4.69, 9.17) is 16.3 Å². The molecule has 1 heterocycles. The lowest BCUT2D eigenvalue weighted by Gasteiger charge is -2.26. The van der Waals surface area contributed by atoms with Crippen LogP contribution < -0.4 is 5.32 Å². The molecule has 1 aromatic carbocycles. The van der Waals surface area contributed by atoms with E-state index in [0.717, 1.165) is 51.4 Å². The zero-order chi connectivity index (χ0) is 13.5. The molecule has 1 aliphatic heterocycles. The lowest BCUT2D eigenvalue weighted by Crippen LogP contribution is -2.37. The smallest absolute Gasteiger partial charge is 0.125 e. The number of rotatable bonds is 6. The third kappa shape index (κ3) is 5.45. The van der Waals surface area contributed by atoms with Crippen LogP contribution in [0.5, 0.6) is 0 Å². The van der Waals surface area contributed by atoms with E-state index in [1.54, 1.807) is 6.07 Å². The van der Waals surface area contributed by atoms with Crippen molar-refractivity contribution in [2.24, 2.45) is 0 Å². The van der Waals surface area contributed by atoms with Crippen molar-refractivity contribution in [3.63, 3.8) is 0 Å². The summed E-state index contributed by atoms with van der Waals surface area (Å²) >= 11 is 5.81. The van der Waals surface area contributed by atoms with Gasteiger partial charge in [0.2, 0.25) is 0 Å². The second-order valence-electron chi connectivity index (χ2n) is 4.76. The van der Waals surface area contributed by atoms with E-state index in [2.05, 4.69) is 10.2 Å². The molecule has 0 radical (unpaired) electrons. The number of hydrogen-bond donors (Lipinski definition) is 1. The topological polar surface area (TPSA) is 24.5 Å². The molecule has 2 rings (SSSR count). The molecule has 0 atom stereocenters. The SMILES string of the molecule is Fc1cc(Cl)cc(CNCCCN2CCOCC2)c1. The van der Waals surface area contributed by atoms with Gasteiger partial charge in [0.05, 0.1) is 13.2 Å². The molecule has 19 heavy (non-hydrogen) atoms. The molecule has 0 spiro atoms. The Morgan fingerprint density at radius 1 is 1.26 bits per heavy atom. The van der Waals surface area contributed by atoms with Crippen molar-refractivity contribution in [2.45, 2.75) is 13.0 Å². The van der Waals surface area contributed by atoms with E-state index >= 15 is 0 Å².